The summed E-state index contributed by atoms with van der Waals surface area (Å²) >= 11 is 0. The molecule has 0 aliphatic heterocycles. The van der Waals surface area contributed by atoms with E-state index >= 15 is 0 Å². The molecule has 0 aromatic carbocycles. The Morgan fingerprint density at radius 3 is 2.85 bits per heavy atom. The van der Waals surface area contributed by atoms with E-state index in [1.54, 1.807) is 5.57 Å². The fourth-order valence-electron chi connectivity index (χ4n) is 6.27. The molecule has 1 unspecified atom stereocenters. The van der Waals surface area contributed by atoms with Gasteiger partial charge in [0, 0.05) is 11.5 Å². The molecule has 0 saturated heterocycles. The van der Waals surface area contributed by atoms with Gasteiger partial charge >= 0.3 is 0 Å². The molecule has 4 aliphatic carbocycles. The van der Waals surface area contributed by atoms with Gasteiger partial charge in [0.1, 0.15) is 0 Å². The second kappa shape index (κ2) is 4.22. The third-order valence-corrected chi connectivity index (χ3v) is 7.46. The van der Waals surface area contributed by atoms with Crippen LogP contribution in [0.2, 0.25) is 0 Å². The monoisotopic (exact) mass is 271 g/mol. The van der Waals surface area contributed by atoms with E-state index in [1.165, 1.54) is 38.5 Å². The highest BCUT2D eigenvalue weighted by atomic mass is 14.7. The van der Waals surface area contributed by atoms with Crippen molar-refractivity contribution in [2.45, 2.75) is 64.8 Å². The third-order valence-electron chi connectivity index (χ3n) is 7.46. The Bertz CT molecular complexity index is 476. The Balaban J connectivity index is 1.71. The number of rotatable bonds is 0. The fraction of sp³-hybridized carbons (Fsp3) is 0.789. The summed E-state index contributed by atoms with van der Waals surface area (Å²) in [7, 11) is 0. The second-order valence-corrected chi connectivity index (χ2v) is 8.44. The predicted molar refractivity (Wildman–Crippen MR) is 84.2 cm³/mol. The zero-order valence-corrected chi connectivity index (χ0v) is 13.1. The van der Waals surface area contributed by atoms with Gasteiger partial charge in [-0.2, -0.15) is 0 Å². The maximum absolute atomic E-state index is 6.15. The van der Waals surface area contributed by atoms with E-state index in [2.05, 4.69) is 32.1 Å². The molecule has 4 rings (SSSR count). The van der Waals surface area contributed by atoms with Gasteiger partial charge in [-0.1, -0.05) is 44.1 Å². The lowest BCUT2D eigenvalue weighted by Gasteiger charge is -2.55. The highest BCUT2D eigenvalue weighted by Gasteiger charge is 2.54. The normalized spacial score (nSPS) is 53.9. The Morgan fingerprint density at radius 1 is 1.15 bits per heavy atom. The summed E-state index contributed by atoms with van der Waals surface area (Å²) in [4.78, 5) is 0. The topological polar surface area (TPSA) is 26.0 Å². The van der Waals surface area contributed by atoms with Crippen molar-refractivity contribution in [3.8, 4) is 0 Å². The molecule has 6 atom stereocenters. The molecule has 0 radical (unpaired) electrons. The van der Waals surface area contributed by atoms with Crippen LogP contribution in [0.5, 0.6) is 0 Å². The van der Waals surface area contributed by atoms with E-state index in [1.807, 2.05) is 0 Å². The fourth-order valence-corrected chi connectivity index (χ4v) is 6.27. The third kappa shape index (κ3) is 1.65. The Labute approximate surface area is 123 Å². The lowest BCUT2D eigenvalue weighted by Crippen LogP contribution is -2.48. The minimum absolute atomic E-state index is 0.256. The molecule has 0 aromatic heterocycles. The van der Waals surface area contributed by atoms with Crippen molar-refractivity contribution in [2.24, 2.45) is 34.3 Å². The van der Waals surface area contributed by atoms with Crippen LogP contribution in [0.4, 0.5) is 0 Å². The molecule has 0 spiro atoms. The van der Waals surface area contributed by atoms with Crippen molar-refractivity contribution in [3.63, 3.8) is 0 Å². The Morgan fingerprint density at radius 2 is 2.00 bits per heavy atom. The molecule has 0 bridgehead atoms. The van der Waals surface area contributed by atoms with Crippen LogP contribution in [-0.2, 0) is 0 Å². The number of fused-ring (bicyclic) bond motifs is 5. The Hall–Kier alpha value is -0.560. The van der Waals surface area contributed by atoms with Crippen LogP contribution in [0.3, 0.4) is 0 Å². The minimum atomic E-state index is 0.256. The summed E-state index contributed by atoms with van der Waals surface area (Å²) in [6, 6.07) is 0.256. The molecule has 110 valence electrons. The van der Waals surface area contributed by atoms with Crippen LogP contribution in [-0.4, -0.2) is 6.04 Å². The van der Waals surface area contributed by atoms with Gasteiger partial charge in [0.05, 0.1) is 0 Å². The average molecular weight is 271 g/mol. The molecule has 2 N–H and O–H groups in total. The van der Waals surface area contributed by atoms with Gasteiger partial charge in [0.25, 0.3) is 0 Å². The van der Waals surface area contributed by atoms with Crippen molar-refractivity contribution in [2.75, 3.05) is 0 Å². The number of hydrogen-bond acceptors (Lipinski definition) is 1. The average Bonchev–Trinajstić information content (AvgIpc) is 2.81. The first-order valence-electron chi connectivity index (χ1n) is 8.67. The first kappa shape index (κ1) is 13.1. The van der Waals surface area contributed by atoms with E-state index in [0.717, 1.165) is 24.2 Å². The largest absolute Gasteiger partial charge is 0.324 e. The van der Waals surface area contributed by atoms with Gasteiger partial charge < -0.3 is 5.73 Å². The van der Waals surface area contributed by atoms with Crippen molar-refractivity contribution in [1.29, 1.82) is 0 Å². The SMILES string of the molecule is C[C@@]12CCC[C@H]1[C@@H]1CC=C3CC(N)C=C[C@]3(C)[C@H]1CC2. The predicted octanol–water partition coefficient (Wildman–Crippen LogP) is 4.44. The zero-order chi connectivity index (χ0) is 14.0. The van der Waals surface area contributed by atoms with E-state index in [9.17, 15) is 0 Å². The molecule has 0 aromatic rings. The summed E-state index contributed by atoms with van der Waals surface area (Å²) in [5.74, 6) is 2.80. The van der Waals surface area contributed by atoms with Gasteiger partial charge in [0.2, 0.25) is 0 Å². The highest BCUT2D eigenvalue weighted by molar-refractivity contribution is 5.33. The zero-order valence-electron chi connectivity index (χ0n) is 13.1. The number of allylic oxidation sites excluding steroid dienone is 2. The van der Waals surface area contributed by atoms with Crippen molar-refractivity contribution in [3.05, 3.63) is 23.8 Å². The lowest BCUT2D eigenvalue weighted by molar-refractivity contribution is -0.00280. The molecule has 4 aliphatic rings. The molecular formula is C19H29N. The summed E-state index contributed by atoms with van der Waals surface area (Å²) < 4.78 is 0. The maximum Gasteiger partial charge on any atom is 0.0262 e. The summed E-state index contributed by atoms with van der Waals surface area (Å²) in [6.45, 7) is 5.07. The Kier molecular flexibility index (Phi) is 2.77. The highest BCUT2D eigenvalue weighted by Crippen LogP contribution is 2.63. The quantitative estimate of drug-likeness (QED) is 0.647. The lowest BCUT2D eigenvalue weighted by atomic mass is 9.49. The summed E-state index contributed by atoms with van der Waals surface area (Å²) in [6.07, 6.45) is 17.1. The standard InChI is InChI=1S/C19H29N/c1-18-9-3-4-16(18)15-6-5-13-12-14(20)7-11-19(13,2)17(15)8-10-18/h5,7,11,14-17H,3-4,6,8-10,12,20H2,1-2H3/t14?,15-,16-,17-,18-,19-/m0/s1. The van der Waals surface area contributed by atoms with Crippen LogP contribution in [0.15, 0.2) is 23.8 Å². The molecule has 0 heterocycles. The van der Waals surface area contributed by atoms with Gasteiger partial charge in [-0.15, -0.1) is 0 Å². The molecule has 20 heavy (non-hydrogen) atoms. The maximum atomic E-state index is 6.15. The second-order valence-electron chi connectivity index (χ2n) is 8.44. The van der Waals surface area contributed by atoms with E-state index in [0.29, 0.717) is 10.8 Å². The minimum Gasteiger partial charge on any atom is -0.324 e. The van der Waals surface area contributed by atoms with Gasteiger partial charge in [-0.3, -0.25) is 0 Å². The van der Waals surface area contributed by atoms with Crippen LogP contribution >= 0.6 is 0 Å². The summed E-state index contributed by atoms with van der Waals surface area (Å²) in [5, 5.41) is 0. The van der Waals surface area contributed by atoms with E-state index < -0.39 is 0 Å². The van der Waals surface area contributed by atoms with Gasteiger partial charge in [-0.25, -0.2) is 0 Å². The molecule has 2 fully saturated rings. The van der Waals surface area contributed by atoms with Crippen molar-refractivity contribution in [1.82, 2.24) is 0 Å². The molecule has 0 amide bonds. The van der Waals surface area contributed by atoms with Crippen molar-refractivity contribution >= 4 is 0 Å². The summed E-state index contributed by atoms with van der Waals surface area (Å²) in [5.41, 5.74) is 8.78. The van der Waals surface area contributed by atoms with Gasteiger partial charge in [0.15, 0.2) is 0 Å². The first-order chi connectivity index (χ1) is 9.53. The number of hydrogen-bond donors (Lipinski definition) is 1. The van der Waals surface area contributed by atoms with Crippen LogP contribution in [0.1, 0.15) is 58.8 Å². The van der Waals surface area contributed by atoms with E-state index in [4.69, 9.17) is 5.73 Å². The van der Waals surface area contributed by atoms with E-state index in [-0.39, 0.29) is 6.04 Å². The molecule has 2 saturated carbocycles. The smallest absolute Gasteiger partial charge is 0.0262 e. The van der Waals surface area contributed by atoms with Crippen LogP contribution in [0.25, 0.3) is 0 Å². The first-order valence-corrected chi connectivity index (χ1v) is 8.67. The van der Waals surface area contributed by atoms with Crippen LogP contribution < -0.4 is 5.73 Å². The van der Waals surface area contributed by atoms with Gasteiger partial charge in [-0.05, 0) is 61.7 Å². The molecule has 1 nitrogen and oxygen atoms in total. The van der Waals surface area contributed by atoms with Crippen molar-refractivity contribution < 1.29 is 0 Å². The number of nitrogens with two attached hydrogens (primary N) is 1. The molecule has 1 heteroatoms. The molecular weight excluding hydrogens is 242 g/mol. The van der Waals surface area contributed by atoms with Crippen LogP contribution in [0, 0.1) is 28.6 Å².